The minimum Gasteiger partial charge on any atom is -0.355 e. The lowest BCUT2D eigenvalue weighted by molar-refractivity contribution is -0.121. The fraction of sp³-hybridized carbons (Fsp3) is 0.571. The van der Waals surface area contributed by atoms with Crippen molar-refractivity contribution in [3.63, 3.8) is 0 Å². The average Bonchev–Trinajstić information content (AvgIpc) is 3.49. The Balaban J connectivity index is 1.83. The molecule has 5 heteroatoms. The highest BCUT2D eigenvalue weighted by Gasteiger charge is 2.28. The smallest absolute Gasteiger partial charge is 0.221 e. The van der Waals surface area contributed by atoms with Crippen LogP contribution in [0.15, 0.2) is 24.3 Å². The maximum absolute atomic E-state index is 12.2. The van der Waals surface area contributed by atoms with E-state index < -0.39 is 0 Å². The molecule has 1 aromatic carbocycles. The van der Waals surface area contributed by atoms with Gasteiger partial charge in [-0.3, -0.25) is 4.79 Å². The first-order chi connectivity index (χ1) is 12.6. The third-order valence-electron chi connectivity index (χ3n) is 4.96. The summed E-state index contributed by atoms with van der Waals surface area (Å²) in [5, 5.41) is 4.13. The first-order valence-electron chi connectivity index (χ1n) is 9.93. The van der Waals surface area contributed by atoms with Gasteiger partial charge in [0, 0.05) is 36.9 Å². The van der Waals surface area contributed by atoms with Crippen LogP contribution in [0.2, 0.25) is 0 Å². The van der Waals surface area contributed by atoms with Gasteiger partial charge in [0.05, 0.1) is 5.52 Å². The predicted molar refractivity (Wildman–Crippen MR) is 107 cm³/mol. The number of rotatable bonds is 9. The van der Waals surface area contributed by atoms with E-state index in [-0.39, 0.29) is 11.9 Å². The van der Waals surface area contributed by atoms with Gasteiger partial charge in [-0.15, -0.1) is 0 Å². The molecular formula is C21H30N4O. The van der Waals surface area contributed by atoms with E-state index in [0.29, 0.717) is 18.9 Å². The molecule has 1 aromatic heterocycles. The molecule has 0 saturated heterocycles. The number of benzene rings is 1. The van der Waals surface area contributed by atoms with E-state index >= 15 is 0 Å². The van der Waals surface area contributed by atoms with Crippen molar-refractivity contribution in [3.8, 4) is 0 Å². The Morgan fingerprint density at radius 1 is 1.23 bits per heavy atom. The maximum Gasteiger partial charge on any atom is 0.221 e. The summed E-state index contributed by atoms with van der Waals surface area (Å²) in [6.45, 7) is 7.86. The van der Waals surface area contributed by atoms with Crippen LogP contribution in [0, 0.1) is 0 Å². The number of hydrogen-bond acceptors (Lipinski definition) is 4. The first kappa shape index (κ1) is 18.6. The molecule has 1 N–H and O–H groups in total. The summed E-state index contributed by atoms with van der Waals surface area (Å²) in [4.78, 5) is 24.2. The summed E-state index contributed by atoms with van der Waals surface area (Å²) < 4.78 is 0. The topological polar surface area (TPSA) is 58.1 Å². The third kappa shape index (κ3) is 4.51. The molecule has 3 rings (SSSR count). The molecule has 1 aliphatic carbocycles. The lowest BCUT2D eigenvalue weighted by Gasteiger charge is -2.25. The summed E-state index contributed by atoms with van der Waals surface area (Å²) in [6, 6.07) is 8.43. The number of fused-ring (bicyclic) bond motifs is 1. The molecule has 2 aromatic rings. The van der Waals surface area contributed by atoms with Gasteiger partial charge in [0.1, 0.15) is 11.6 Å². The van der Waals surface area contributed by atoms with Crippen LogP contribution in [0.4, 0.5) is 5.82 Å². The van der Waals surface area contributed by atoms with E-state index in [0.717, 1.165) is 41.9 Å². The molecule has 1 aliphatic rings. The normalized spacial score (nSPS) is 15.0. The van der Waals surface area contributed by atoms with Crippen LogP contribution >= 0.6 is 0 Å². The Kier molecular flexibility index (Phi) is 6.07. The van der Waals surface area contributed by atoms with Crippen LogP contribution in [0.5, 0.6) is 0 Å². The standard InChI is InChI=1S/C21H30N4O/c1-4-13-25(14-12-19(26)22-15(3)5-2)21-17-8-6-7-9-18(17)23-20(24-21)16-10-11-16/h6-9,15-16H,4-5,10-14H2,1-3H3,(H,22,26)/t15-/m1/s1. The van der Waals surface area contributed by atoms with Crippen molar-refractivity contribution in [1.82, 2.24) is 15.3 Å². The summed E-state index contributed by atoms with van der Waals surface area (Å²) >= 11 is 0. The molecule has 5 nitrogen and oxygen atoms in total. The van der Waals surface area contributed by atoms with Gasteiger partial charge in [-0.2, -0.15) is 0 Å². The Bertz CT molecular complexity index is 757. The SMILES string of the molecule is CCCN(CCC(=O)N[C@H](C)CC)c1nc(C2CC2)nc2ccccc12. The lowest BCUT2D eigenvalue weighted by atomic mass is 10.2. The predicted octanol–water partition coefficient (Wildman–Crippen LogP) is 4.03. The van der Waals surface area contributed by atoms with Crippen LogP contribution in [0.25, 0.3) is 10.9 Å². The van der Waals surface area contributed by atoms with Crippen LogP contribution in [0.3, 0.4) is 0 Å². The first-order valence-corrected chi connectivity index (χ1v) is 9.93. The van der Waals surface area contributed by atoms with Crippen molar-refractivity contribution in [2.45, 2.75) is 64.8 Å². The quantitative estimate of drug-likeness (QED) is 0.739. The zero-order valence-electron chi connectivity index (χ0n) is 16.2. The largest absolute Gasteiger partial charge is 0.355 e. The number of hydrogen-bond donors (Lipinski definition) is 1. The van der Waals surface area contributed by atoms with Crippen LogP contribution in [-0.4, -0.2) is 35.0 Å². The molecule has 0 spiro atoms. The summed E-state index contributed by atoms with van der Waals surface area (Å²) in [5.74, 6) is 2.57. The zero-order valence-corrected chi connectivity index (χ0v) is 16.2. The van der Waals surface area contributed by atoms with Gasteiger partial charge in [-0.1, -0.05) is 26.0 Å². The fourth-order valence-electron chi connectivity index (χ4n) is 3.12. The number of nitrogens with zero attached hydrogens (tertiary/aromatic N) is 3. The number of carbonyl (C=O) groups is 1. The number of amides is 1. The molecule has 0 unspecified atom stereocenters. The van der Waals surface area contributed by atoms with Crippen molar-refractivity contribution in [2.24, 2.45) is 0 Å². The molecule has 1 saturated carbocycles. The van der Waals surface area contributed by atoms with Gasteiger partial charge < -0.3 is 10.2 Å². The zero-order chi connectivity index (χ0) is 18.5. The van der Waals surface area contributed by atoms with Crippen LogP contribution in [0.1, 0.15) is 64.6 Å². The van der Waals surface area contributed by atoms with Crippen LogP contribution < -0.4 is 10.2 Å². The number of aromatic nitrogens is 2. The molecule has 0 radical (unpaired) electrons. The number of anilines is 1. The Morgan fingerprint density at radius 3 is 2.69 bits per heavy atom. The van der Waals surface area contributed by atoms with Crippen molar-refractivity contribution >= 4 is 22.6 Å². The summed E-state index contributed by atoms with van der Waals surface area (Å²) in [7, 11) is 0. The highest BCUT2D eigenvalue weighted by atomic mass is 16.1. The van der Waals surface area contributed by atoms with Gasteiger partial charge in [-0.25, -0.2) is 9.97 Å². The molecule has 1 heterocycles. The Hall–Kier alpha value is -2.17. The number of nitrogens with one attached hydrogen (secondary N) is 1. The van der Waals surface area contributed by atoms with E-state index in [1.54, 1.807) is 0 Å². The van der Waals surface area contributed by atoms with E-state index in [2.05, 4.69) is 36.2 Å². The molecular weight excluding hydrogens is 324 g/mol. The Labute approximate surface area is 156 Å². The van der Waals surface area contributed by atoms with Crippen molar-refractivity contribution in [1.29, 1.82) is 0 Å². The summed E-state index contributed by atoms with van der Waals surface area (Å²) in [5.41, 5.74) is 1.00. The molecule has 26 heavy (non-hydrogen) atoms. The van der Waals surface area contributed by atoms with Crippen molar-refractivity contribution in [2.75, 3.05) is 18.0 Å². The minimum absolute atomic E-state index is 0.112. The second-order valence-corrected chi connectivity index (χ2v) is 7.31. The minimum atomic E-state index is 0.112. The van der Waals surface area contributed by atoms with E-state index in [4.69, 9.17) is 9.97 Å². The fourth-order valence-corrected chi connectivity index (χ4v) is 3.12. The number of carbonyl (C=O) groups excluding carboxylic acids is 1. The van der Waals surface area contributed by atoms with Gasteiger partial charge in [0.25, 0.3) is 0 Å². The monoisotopic (exact) mass is 354 g/mol. The average molecular weight is 354 g/mol. The van der Waals surface area contributed by atoms with Crippen molar-refractivity contribution in [3.05, 3.63) is 30.1 Å². The molecule has 1 amide bonds. The number of para-hydroxylation sites is 1. The second kappa shape index (κ2) is 8.47. The second-order valence-electron chi connectivity index (χ2n) is 7.31. The van der Waals surface area contributed by atoms with Gasteiger partial charge in [-0.05, 0) is 44.7 Å². The van der Waals surface area contributed by atoms with Crippen LogP contribution in [-0.2, 0) is 4.79 Å². The maximum atomic E-state index is 12.2. The third-order valence-corrected chi connectivity index (χ3v) is 4.96. The molecule has 0 aliphatic heterocycles. The molecule has 140 valence electrons. The molecule has 1 atom stereocenters. The van der Waals surface area contributed by atoms with Gasteiger partial charge in [0.15, 0.2) is 0 Å². The van der Waals surface area contributed by atoms with E-state index in [1.807, 2.05) is 19.1 Å². The van der Waals surface area contributed by atoms with E-state index in [9.17, 15) is 4.79 Å². The lowest BCUT2D eigenvalue weighted by Crippen LogP contribution is -2.36. The van der Waals surface area contributed by atoms with Crippen molar-refractivity contribution < 1.29 is 4.79 Å². The van der Waals surface area contributed by atoms with Gasteiger partial charge in [0.2, 0.25) is 5.91 Å². The summed E-state index contributed by atoms with van der Waals surface area (Å²) in [6.07, 6.45) is 4.82. The highest BCUT2D eigenvalue weighted by molar-refractivity contribution is 5.89. The Morgan fingerprint density at radius 2 is 2.00 bits per heavy atom. The molecule has 0 bridgehead atoms. The van der Waals surface area contributed by atoms with Gasteiger partial charge >= 0.3 is 0 Å². The highest BCUT2D eigenvalue weighted by Crippen LogP contribution is 2.39. The molecule has 1 fully saturated rings. The van der Waals surface area contributed by atoms with E-state index in [1.165, 1.54) is 12.8 Å².